The second kappa shape index (κ2) is 13.6. The largest absolute Gasteiger partial charge is 0.292 e. The van der Waals surface area contributed by atoms with Crippen LogP contribution in [0.15, 0.2) is 218 Å². The zero-order valence-electron chi connectivity index (χ0n) is 31.2. The lowest BCUT2D eigenvalue weighted by molar-refractivity contribution is 1.11. The quantitative estimate of drug-likeness (QED) is 0.156. The number of hydrogen-bond acceptors (Lipinski definition) is 1. The fourth-order valence-corrected chi connectivity index (χ4v) is 8.77. The van der Waals surface area contributed by atoms with Gasteiger partial charge >= 0.3 is 0 Å². The molecular formula is C55H36N2. The molecule has 0 saturated carbocycles. The number of rotatable bonds is 6. The Morgan fingerprint density at radius 3 is 1.37 bits per heavy atom. The highest BCUT2D eigenvalue weighted by molar-refractivity contribution is 6.21. The van der Waals surface area contributed by atoms with Gasteiger partial charge < -0.3 is 0 Å². The molecule has 11 rings (SSSR count). The molecule has 0 spiro atoms. The minimum Gasteiger partial charge on any atom is -0.292 e. The van der Waals surface area contributed by atoms with Gasteiger partial charge in [0.15, 0.2) is 0 Å². The molecule has 0 atom stereocenters. The molecular weight excluding hydrogens is 689 g/mol. The number of fused-ring (bicyclic) bond motifs is 4. The van der Waals surface area contributed by atoms with E-state index in [1.807, 2.05) is 0 Å². The molecule has 11 aromatic rings. The van der Waals surface area contributed by atoms with E-state index in [9.17, 15) is 0 Å². The van der Waals surface area contributed by atoms with Gasteiger partial charge in [-0.05, 0) is 108 Å². The zero-order chi connectivity index (χ0) is 37.7. The smallest absolute Gasteiger partial charge is 0.145 e. The summed E-state index contributed by atoms with van der Waals surface area (Å²) in [4.78, 5) is 5.23. The SMILES string of the molecule is c1ccc(-c2cc(-c3ccccc3)cc(-c3c4ccccc4c(-c4ccc(-c5nc6ccccc6n5-c5cccc6ccccc56)cc4)c4ccccc34)c2)cc1. The molecule has 0 fully saturated rings. The Morgan fingerprint density at radius 2 is 0.754 bits per heavy atom. The molecule has 2 nitrogen and oxygen atoms in total. The van der Waals surface area contributed by atoms with E-state index in [1.165, 1.54) is 76.8 Å². The van der Waals surface area contributed by atoms with Crippen molar-refractivity contribution in [1.29, 1.82) is 0 Å². The summed E-state index contributed by atoms with van der Waals surface area (Å²) in [5, 5.41) is 7.33. The number of para-hydroxylation sites is 2. The number of hydrogen-bond donors (Lipinski definition) is 0. The van der Waals surface area contributed by atoms with Crippen molar-refractivity contribution in [3.05, 3.63) is 218 Å². The zero-order valence-corrected chi connectivity index (χ0v) is 31.2. The van der Waals surface area contributed by atoms with Crippen LogP contribution < -0.4 is 0 Å². The Balaban J connectivity index is 1.11. The van der Waals surface area contributed by atoms with E-state index in [0.29, 0.717) is 0 Å². The molecule has 1 heterocycles. The molecule has 2 heteroatoms. The van der Waals surface area contributed by atoms with Gasteiger partial charge in [0, 0.05) is 10.9 Å². The Kier molecular flexibility index (Phi) is 7.86. The van der Waals surface area contributed by atoms with Crippen LogP contribution in [0, 0.1) is 0 Å². The fraction of sp³-hybridized carbons (Fsp3) is 0. The van der Waals surface area contributed by atoms with Crippen LogP contribution in [0.5, 0.6) is 0 Å². The molecule has 57 heavy (non-hydrogen) atoms. The third kappa shape index (κ3) is 5.61. The van der Waals surface area contributed by atoms with E-state index < -0.39 is 0 Å². The van der Waals surface area contributed by atoms with Gasteiger partial charge in [-0.3, -0.25) is 4.57 Å². The summed E-state index contributed by atoms with van der Waals surface area (Å²) in [6, 6.07) is 78.9. The van der Waals surface area contributed by atoms with E-state index in [-0.39, 0.29) is 0 Å². The molecule has 0 aliphatic heterocycles. The number of benzene rings is 10. The summed E-state index contributed by atoms with van der Waals surface area (Å²) in [5.41, 5.74) is 13.9. The second-order valence-electron chi connectivity index (χ2n) is 14.7. The molecule has 1 aromatic heterocycles. The molecule has 0 saturated heterocycles. The van der Waals surface area contributed by atoms with Crippen molar-refractivity contribution in [3.8, 4) is 61.6 Å². The summed E-state index contributed by atoms with van der Waals surface area (Å²) >= 11 is 0. The fourth-order valence-electron chi connectivity index (χ4n) is 8.77. The molecule has 0 radical (unpaired) electrons. The third-order valence-electron chi connectivity index (χ3n) is 11.4. The van der Waals surface area contributed by atoms with Gasteiger partial charge in [-0.25, -0.2) is 4.98 Å². The lowest BCUT2D eigenvalue weighted by Gasteiger charge is -2.19. The van der Waals surface area contributed by atoms with Gasteiger partial charge in [-0.1, -0.05) is 182 Å². The molecule has 10 aromatic carbocycles. The first-order valence-corrected chi connectivity index (χ1v) is 19.5. The van der Waals surface area contributed by atoms with Crippen LogP contribution in [0.1, 0.15) is 0 Å². The molecule has 0 bridgehead atoms. The Labute approximate surface area is 331 Å². The summed E-state index contributed by atoms with van der Waals surface area (Å²) in [7, 11) is 0. The van der Waals surface area contributed by atoms with Crippen molar-refractivity contribution in [2.75, 3.05) is 0 Å². The van der Waals surface area contributed by atoms with Gasteiger partial charge in [-0.2, -0.15) is 0 Å². The maximum atomic E-state index is 5.23. The third-order valence-corrected chi connectivity index (χ3v) is 11.4. The molecule has 0 aliphatic rings. The molecule has 0 N–H and O–H groups in total. The van der Waals surface area contributed by atoms with Crippen LogP contribution in [0.2, 0.25) is 0 Å². The van der Waals surface area contributed by atoms with E-state index in [2.05, 4.69) is 223 Å². The number of nitrogens with zero attached hydrogens (tertiary/aromatic N) is 2. The summed E-state index contributed by atoms with van der Waals surface area (Å²) < 4.78 is 2.32. The van der Waals surface area contributed by atoms with Gasteiger partial charge in [-0.15, -0.1) is 0 Å². The van der Waals surface area contributed by atoms with Crippen LogP contribution in [-0.2, 0) is 0 Å². The Hall–Kier alpha value is -7.55. The molecule has 0 unspecified atom stereocenters. The van der Waals surface area contributed by atoms with Crippen molar-refractivity contribution in [2.45, 2.75) is 0 Å². The van der Waals surface area contributed by atoms with Gasteiger partial charge in [0.2, 0.25) is 0 Å². The summed E-state index contributed by atoms with van der Waals surface area (Å²) in [6.45, 7) is 0. The van der Waals surface area contributed by atoms with Crippen molar-refractivity contribution in [3.63, 3.8) is 0 Å². The van der Waals surface area contributed by atoms with Crippen molar-refractivity contribution in [2.24, 2.45) is 0 Å². The highest BCUT2D eigenvalue weighted by Gasteiger charge is 2.20. The van der Waals surface area contributed by atoms with E-state index in [1.54, 1.807) is 0 Å². The maximum absolute atomic E-state index is 5.23. The van der Waals surface area contributed by atoms with E-state index in [4.69, 9.17) is 4.98 Å². The topological polar surface area (TPSA) is 17.8 Å². The van der Waals surface area contributed by atoms with Crippen molar-refractivity contribution >= 4 is 43.4 Å². The normalized spacial score (nSPS) is 11.5. The van der Waals surface area contributed by atoms with Crippen molar-refractivity contribution in [1.82, 2.24) is 9.55 Å². The maximum Gasteiger partial charge on any atom is 0.145 e. The average Bonchev–Trinajstić information content (AvgIpc) is 3.68. The predicted octanol–water partition coefficient (Wildman–Crippen LogP) is 14.8. The van der Waals surface area contributed by atoms with E-state index >= 15 is 0 Å². The minimum atomic E-state index is 0.927. The molecule has 266 valence electrons. The summed E-state index contributed by atoms with van der Waals surface area (Å²) in [5.74, 6) is 0.927. The van der Waals surface area contributed by atoms with E-state index in [0.717, 1.165) is 28.1 Å². The lowest BCUT2D eigenvalue weighted by Crippen LogP contribution is -1.98. The number of aromatic nitrogens is 2. The Bertz CT molecular complexity index is 3150. The van der Waals surface area contributed by atoms with Crippen LogP contribution in [0.25, 0.3) is 105 Å². The Morgan fingerprint density at radius 1 is 0.298 bits per heavy atom. The first-order valence-electron chi connectivity index (χ1n) is 19.5. The predicted molar refractivity (Wildman–Crippen MR) is 241 cm³/mol. The first kappa shape index (κ1) is 32.8. The molecule has 0 aliphatic carbocycles. The standard InChI is InChI=1S/C55H36N2/c1-3-16-37(17-4-1)42-34-43(38-18-5-2-6-19-38)36-44(35-42)54-48-25-11-9-23-46(48)53(47-24-10-12-26-49(47)54)40-30-32-41(33-31-40)55-56-50-27-13-14-28-52(50)57(55)51-29-15-21-39-20-7-8-22-45(39)51/h1-36H. The average molecular weight is 725 g/mol. The van der Waals surface area contributed by atoms with Crippen LogP contribution >= 0.6 is 0 Å². The van der Waals surface area contributed by atoms with Gasteiger partial charge in [0.25, 0.3) is 0 Å². The monoisotopic (exact) mass is 724 g/mol. The van der Waals surface area contributed by atoms with Crippen LogP contribution in [0.4, 0.5) is 0 Å². The van der Waals surface area contributed by atoms with Crippen LogP contribution in [-0.4, -0.2) is 9.55 Å². The molecule has 0 amide bonds. The first-order chi connectivity index (χ1) is 28.3. The lowest BCUT2D eigenvalue weighted by atomic mass is 9.84. The van der Waals surface area contributed by atoms with Gasteiger partial charge in [0.05, 0.1) is 16.7 Å². The minimum absolute atomic E-state index is 0.927. The highest BCUT2D eigenvalue weighted by Crippen LogP contribution is 2.45. The highest BCUT2D eigenvalue weighted by atomic mass is 15.1. The number of imidazole rings is 1. The second-order valence-corrected chi connectivity index (χ2v) is 14.7. The van der Waals surface area contributed by atoms with Gasteiger partial charge in [0.1, 0.15) is 5.82 Å². The van der Waals surface area contributed by atoms with Crippen LogP contribution in [0.3, 0.4) is 0 Å². The summed E-state index contributed by atoms with van der Waals surface area (Å²) in [6.07, 6.45) is 0. The van der Waals surface area contributed by atoms with Crippen molar-refractivity contribution < 1.29 is 0 Å².